The van der Waals surface area contributed by atoms with E-state index in [9.17, 15) is 0 Å². The van der Waals surface area contributed by atoms with Gasteiger partial charge in [0.05, 0.1) is 23.1 Å². The lowest BCUT2D eigenvalue weighted by atomic mass is 10.4. The third-order valence-corrected chi connectivity index (χ3v) is 0.841. The van der Waals surface area contributed by atoms with Crippen LogP contribution in [-0.2, 0) is 9.78 Å². The summed E-state index contributed by atoms with van der Waals surface area (Å²) in [5.41, 5.74) is 0. The number of hydrogen-bond donors (Lipinski definition) is 0. The van der Waals surface area contributed by atoms with Gasteiger partial charge in [-0.2, -0.15) is 0 Å². The second-order valence-corrected chi connectivity index (χ2v) is 1.73. The summed E-state index contributed by atoms with van der Waals surface area (Å²) in [4.78, 5) is 9.22. The van der Waals surface area contributed by atoms with Gasteiger partial charge in [-0.1, -0.05) is 13.3 Å². The third kappa shape index (κ3) is 6.14. The molecule has 3 heteroatoms. The molecule has 0 bridgehead atoms. The molecule has 0 saturated heterocycles. The molecule has 0 aliphatic heterocycles. The van der Waals surface area contributed by atoms with Crippen LogP contribution in [-0.4, -0.2) is 23.1 Å². The minimum Gasteiger partial charge on any atom is -0.241 e. The fraction of sp³-hybridized carbons (Fsp3) is 1.00. The smallest absolute Gasteiger partial charge is 0.0822 e. The summed E-state index contributed by atoms with van der Waals surface area (Å²) < 4.78 is 0. The Morgan fingerprint density at radius 1 is 1.38 bits per heavy atom. The topological polar surface area (TPSA) is 18.5 Å². The first-order valence-electron chi connectivity index (χ1n) is 2.80. The van der Waals surface area contributed by atoms with E-state index in [0.29, 0.717) is 12.8 Å². The van der Waals surface area contributed by atoms with Crippen LogP contribution in [0.5, 0.6) is 0 Å². The molecule has 0 fully saturated rings. The fourth-order valence-electron chi connectivity index (χ4n) is 0.304. The predicted octanol–water partition coefficient (Wildman–Crippen LogP) is 0.861. The average molecular weight is 131 g/mol. The molecule has 47 valence electrons. The van der Waals surface area contributed by atoms with E-state index in [4.69, 9.17) is 0 Å². The molecule has 0 spiro atoms. The largest absolute Gasteiger partial charge is 0.241 e. The quantitative estimate of drug-likeness (QED) is 0.238. The van der Waals surface area contributed by atoms with Gasteiger partial charge < -0.3 is 0 Å². The number of rotatable bonds is 5. The van der Waals surface area contributed by atoms with Crippen molar-refractivity contribution in [3.8, 4) is 0 Å². The standard InChI is InChI=1S/C5H11O2Si/c1-2-3-4-6-7-5-8/h2-5H2,1H3. The maximum atomic E-state index is 4.67. The van der Waals surface area contributed by atoms with Gasteiger partial charge in [-0.3, -0.25) is 0 Å². The predicted molar refractivity (Wildman–Crippen MR) is 32.6 cm³/mol. The van der Waals surface area contributed by atoms with Crippen LogP contribution in [0.2, 0.25) is 0 Å². The van der Waals surface area contributed by atoms with Crippen LogP contribution >= 0.6 is 0 Å². The molecular weight excluding hydrogens is 120 g/mol. The minimum absolute atomic E-state index is 0.448. The van der Waals surface area contributed by atoms with Crippen LogP contribution < -0.4 is 0 Å². The Bertz CT molecular complexity index is 35.4. The SMILES string of the molecule is CCCCOOC[Si]. The Hall–Kier alpha value is 0.137. The molecule has 0 N–H and O–H groups in total. The van der Waals surface area contributed by atoms with Crippen LogP contribution in [0.1, 0.15) is 19.8 Å². The van der Waals surface area contributed by atoms with E-state index in [1.807, 2.05) is 0 Å². The van der Waals surface area contributed by atoms with Crippen molar-refractivity contribution in [2.24, 2.45) is 0 Å². The maximum absolute atomic E-state index is 4.67. The van der Waals surface area contributed by atoms with Gasteiger partial charge >= 0.3 is 0 Å². The molecule has 0 aliphatic rings. The summed E-state index contributed by atoms with van der Waals surface area (Å²) in [6.45, 7) is 2.80. The van der Waals surface area contributed by atoms with Crippen LogP contribution in [0.4, 0.5) is 0 Å². The third-order valence-electron chi connectivity index (χ3n) is 0.723. The summed E-state index contributed by atoms with van der Waals surface area (Å²) in [5.74, 6) is 0. The molecule has 0 rings (SSSR count). The van der Waals surface area contributed by atoms with E-state index in [2.05, 4.69) is 26.9 Å². The van der Waals surface area contributed by atoms with Gasteiger partial charge in [0.2, 0.25) is 0 Å². The second kappa shape index (κ2) is 7.14. The van der Waals surface area contributed by atoms with Crippen molar-refractivity contribution in [3.63, 3.8) is 0 Å². The highest BCUT2D eigenvalue weighted by Gasteiger charge is 1.82. The molecule has 0 aromatic heterocycles. The van der Waals surface area contributed by atoms with Gasteiger partial charge in [0.1, 0.15) is 0 Å². The number of unbranched alkanes of at least 4 members (excludes halogenated alkanes) is 1. The first-order chi connectivity index (χ1) is 3.91. The van der Waals surface area contributed by atoms with Crippen LogP contribution in [0.3, 0.4) is 0 Å². The summed E-state index contributed by atoms with van der Waals surface area (Å²) in [7, 11) is 3.10. The van der Waals surface area contributed by atoms with E-state index < -0.39 is 0 Å². The lowest BCUT2D eigenvalue weighted by Gasteiger charge is -1.97. The van der Waals surface area contributed by atoms with Gasteiger partial charge in [-0.15, -0.1) is 0 Å². The first-order valence-corrected chi connectivity index (χ1v) is 3.51. The minimum atomic E-state index is 0.448. The highest BCUT2D eigenvalue weighted by atomic mass is 28.1. The van der Waals surface area contributed by atoms with E-state index in [0.717, 1.165) is 12.8 Å². The van der Waals surface area contributed by atoms with Crippen LogP contribution in [0.25, 0.3) is 0 Å². The van der Waals surface area contributed by atoms with Crippen molar-refractivity contribution in [2.45, 2.75) is 19.8 Å². The average Bonchev–Trinajstić information content (AvgIpc) is 1.81. The normalized spacial score (nSPS) is 9.75. The molecule has 0 saturated carbocycles. The Labute approximate surface area is 53.5 Å². The van der Waals surface area contributed by atoms with Gasteiger partial charge in [0, 0.05) is 0 Å². The van der Waals surface area contributed by atoms with Crippen molar-refractivity contribution >= 4 is 10.2 Å². The van der Waals surface area contributed by atoms with E-state index in [1.165, 1.54) is 0 Å². The molecule has 0 heterocycles. The van der Waals surface area contributed by atoms with Crippen molar-refractivity contribution in [1.29, 1.82) is 0 Å². The van der Waals surface area contributed by atoms with Gasteiger partial charge in [-0.25, -0.2) is 9.78 Å². The molecular formula is C5H11O2Si. The van der Waals surface area contributed by atoms with Gasteiger partial charge in [0.15, 0.2) is 0 Å². The first kappa shape index (κ1) is 8.14. The molecule has 0 amide bonds. The molecule has 2 nitrogen and oxygen atoms in total. The zero-order valence-electron chi connectivity index (χ0n) is 5.14. The summed E-state index contributed by atoms with van der Waals surface area (Å²) >= 11 is 0. The molecule has 0 aromatic carbocycles. The molecule has 0 aliphatic carbocycles. The Morgan fingerprint density at radius 3 is 2.62 bits per heavy atom. The van der Waals surface area contributed by atoms with Crippen LogP contribution in [0.15, 0.2) is 0 Å². The Balaban J connectivity index is 2.53. The highest BCUT2D eigenvalue weighted by Crippen LogP contribution is 1.86. The monoisotopic (exact) mass is 131 g/mol. The zero-order chi connectivity index (χ0) is 6.24. The molecule has 8 heavy (non-hydrogen) atoms. The summed E-state index contributed by atoms with van der Waals surface area (Å²) in [6.07, 6.45) is 2.65. The Kier molecular flexibility index (Phi) is 7.26. The van der Waals surface area contributed by atoms with Crippen molar-refractivity contribution in [3.05, 3.63) is 0 Å². The van der Waals surface area contributed by atoms with Gasteiger partial charge in [-0.05, 0) is 6.42 Å². The van der Waals surface area contributed by atoms with Crippen molar-refractivity contribution < 1.29 is 9.78 Å². The van der Waals surface area contributed by atoms with Gasteiger partial charge in [0.25, 0.3) is 0 Å². The summed E-state index contributed by atoms with van der Waals surface area (Å²) in [5, 5.41) is 0. The van der Waals surface area contributed by atoms with E-state index in [1.54, 1.807) is 0 Å². The Morgan fingerprint density at radius 2 is 2.12 bits per heavy atom. The molecule has 0 aromatic rings. The lowest BCUT2D eigenvalue weighted by molar-refractivity contribution is -0.280. The van der Waals surface area contributed by atoms with Crippen molar-refractivity contribution in [2.75, 3.05) is 12.8 Å². The molecule has 3 radical (unpaired) electrons. The second-order valence-electron chi connectivity index (χ2n) is 1.44. The lowest BCUT2D eigenvalue weighted by Crippen LogP contribution is -1.97. The van der Waals surface area contributed by atoms with Crippen LogP contribution in [0, 0.1) is 0 Å². The fourth-order valence-corrected chi connectivity index (χ4v) is 0.387. The van der Waals surface area contributed by atoms with E-state index >= 15 is 0 Å². The molecule has 0 atom stereocenters. The molecule has 0 unspecified atom stereocenters. The van der Waals surface area contributed by atoms with E-state index in [-0.39, 0.29) is 0 Å². The van der Waals surface area contributed by atoms with Crippen molar-refractivity contribution in [1.82, 2.24) is 0 Å². The highest BCUT2D eigenvalue weighted by molar-refractivity contribution is 6.08. The zero-order valence-corrected chi connectivity index (χ0v) is 6.14. The number of hydrogen-bond acceptors (Lipinski definition) is 2. The maximum Gasteiger partial charge on any atom is 0.0822 e. The summed E-state index contributed by atoms with van der Waals surface area (Å²) in [6, 6.07) is 0.